The minimum atomic E-state index is 0.578. The summed E-state index contributed by atoms with van der Waals surface area (Å²) < 4.78 is 7.04. The molecule has 2 rings (SSSR count). The minimum absolute atomic E-state index is 0.578. The summed E-state index contributed by atoms with van der Waals surface area (Å²) in [5, 5.41) is 4.30. The molecule has 2 aromatic rings. The van der Waals surface area contributed by atoms with Gasteiger partial charge in [0.1, 0.15) is 0 Å². The van der Waals surface area contributed by atoms with E-state index >= 15 is 0 Å². The molecule has 0 fully saturated rings. The van der Waals surface area contributed by atoms with Gasteiger partial charge in [0, 0.05) is 13.3 Å². The number of para-hydroxylation sites is 1. The Kier molecular flexibility index (Phi) is 2.83. The molecule has 0 aliphatic rings. The second-order valence-corrected chi connectivity index (χ2v) is 3.45. The molecule has 0 unspecified atom stereocenters. The smallest absolute Gasteiger partial charge is 0.0885 e. The number of rotatable bonds is 3. The lowest BCUT2D eigenvalue weighted by molar-refractivity contribution is 0.179. The SMILES string of the molecule is COCc1ccnn1-c1ccccc1C. The zero-order valence-corrected chi connectivity index (χ0v) is 8.97. The van der Waals surface area contributed by atoms with E-state index < -0.39 is 0 Å². The maximum absolute atomic E-state index is 5.13. The van der Waals surface area contributed by atoms with Crippen molar-refractivity contribution in [3.8, 4) is 5.69 Å². The van der Waals surface area contributed by atoms with E-state index in [2.05, 4.69) is 24.2 Å². The van der Waals surface area contributed by atoms with Gasteiger partial charge in [0.25, 0.3) is 0 Å². The monoisotopic (exact) mass is 202 g/mol. The van der Waals surface area contributed by atoms with Crippen molar-refractivity contribution in [3.63, 3.8) is 0 Å². The largest absolute Gasteiger partial charge is 0.378 e. The van der Waals surface area contributed by atoms with Gasteiger partial charge in [-0.25, -0.2) is 4.68 Å². The summed E-state index contributed by atoms with van der Waals surface area (Å²) in [6.07, 6.45) is 1.79. The van der Waals surface area contributed by atoms with E-state index in [0.717, 1.165) is 11.4 Å². The van der Waals surface area contributed by atoms with Crippen LogP contribution in [0.2, 0.25) is 0 Å². The molecule has 78 valence electrons. The predicted molar refractivity (Wildman–Crippen MR) is 59.0 cm³/mol. The van der Waals surface area contributed by atoms with Gasteiger partial charge >= 0.3 is 0 Å². The van der Waals surface area contributed by atoms with Crippen LogP contribution in [0.4, 0.5) is 0 Å². The highest BCUT2D eigenvalue weighted by molar-refractivity contribution is 5.40. The Bertz CT molecular complexity index is 448. The van der Waals surface area contributed by atoms with Crippen LogP contribution in [0.1, 0.15) is 11.3 Å². The van der Waals surface area contributed by atoms with Crippen molar-refractivity contribution in [3.05, 3.63) is 47.8 Å². The highest BCUT2D eigenvalue weighted by Crippen LogP contribution is 2.15. The van der Waals surface area contributed by atoms with Gasteiger partial charge in [-0.05, 0) is 24.6 Å². The molecule has 3 nitrogen and oxygen atoms in total. The van der Waals surface area contributed by atoms with Crippen molar-refractivity contribution in [2.45, 2.75) is 13.5 Å². The molecule has 0 spiro atoms. The van der Waals surface area contributed by atoms with Crippen molar-refractivity contribution in [2.24, 2.45) is 0 Å². The first-order valence-corrected chi connectivity index (χ1v) is 4.91. The van der Waals surface area contributed by atoms with Crippen molar-refractivity contribution in [1.29, 1.82) is 0 Å². The van der Waals surface area contributed by atoms with Crippen LogP contribution in [0.3, 0.4) is 0 Å². The number of hydrogen-bond acceptors (Lipinski definition) is 2. The summed E-state index contributed by atoms with van der Waals surface area (Å²) in [4.78, 5) is 0. The number of hydrogen-bond donors (Lipinski definition) is 0. The summed E-state index contributed by atoms with van der Waals surface area (Å²) in [7, 11) is 1.69. The van der Waals surface area contributed by atoms with Gasteiger partial charge in [-0.1, -0.05) is 18.2 Å². The molecule has 0 aliphatic heterocycles. The molecular formula is C12H14N2O. The Labute approximate surface area is 89.3 Å². The van der Waals surface area contributed by atoms with Crippen LogP contribution in [0.5, 0.6) is 0 Å². The van der Waals surface area contributed by atoms with E-state index in [4.69, 9.17) is 4.74 Å². The average Bonchev–Trinajstić information content (AvgIpc) is 2.67. The molecule has 0 atom stereocenters. The van der Waals surface area contributed by atoms with E-state index in [9.17, 15) is 0 Å². The first-order chi connectivity index (χ1) is 7.33. The maximum Gasteiger partial charge on any atom is 0.0885 e. The van der Waals surface area contributed by atoms with Gasteiger partial charge in [0.05, 0.1) is 18.0 Å². The zero-order valence-electron chi connectivity index (χ0n) is 8.97. The third kappa shape index (κ3) is 1.92. The minimum Gasteiger partial charge on any atom is -0.378 e. The average molecular weight is 202 g/mol. The lowest BCUT2D eigenvalue weighted by Gasteiger charge is -2.09. The Morgan fingerprint density at radius 3 is 2.80 bits per heavy atom. The fourth-order valence-corrected chi connectivity index (χ4v) is 1.61. The highest BCUT2D eigenvalue weighted by atomic mass is 16.5. The number of benzene rings is 1. The van der Waals surface area contributed by atoms with Gasteiger partial charge in [-0.2, -0.15) is 5.10 Å². The number of nitrogens with zero attached hydrogens (tertiary/aromatic N) is 2. The second-order valence-electron chi connectivity index (χ2n) is 3.45. The van der Waals surface area contributed by atoms with Crippen molar-refractivity contribution in [2.75, 3.05) is 7.11 Å². The Morgan fingerprint density at radius 1 is 1.27 bits per heavy atom. The summed E-state index contributed by atoms with van der Waals surface area (Å²) in [6, 6.07) is 10.1. The first kappa shape index (κ1) is 9.93. The van der Waals surface area contributed by atoms with Gasteiger partial charge in [-0.3, -0.25) is 0 Å². The Hall–Kier alpha value is -1.61. The third-order valence-electron chi connectivity index (χ3n) is 2.36. The van der Waals surface area contributed by atoms with Crippen molar-refractivity contribution < 1.29 is 4.74 Å². The Morgan fingerprint density at radius 2 is 2.07 bits per heavy atom. The molecule has 0 radical (unpaired) electrons. The topological polar surface area (TPSA) is 27.1 Å². The quantitative estimate of drug-likeness (QED) is 0.763. The molecule has 0 saturated heterocycles. The lowest BCUT2D eigenvalue weighted by Crippen LogP contribution is -2.04. The number of ether oxygens (including phenoxy) is 1. The molecule has 1 heterocycles. The molecular weight excluding hydrogens is 188 g/mol. The van der Waals surface area contributed by atoms with E-state index in [1.165, 1.54) is 5.56 Å². The molecule has 1 aromatic carbocycles. The molecule has 1 aromatic heterocycles. The van der Waals surface area contributed by atoms with Crippen LogP contribution in [0.15, 0.2) is 36.5 Å². The zero-order chi connectivity index (χ0) is 10.7. The molecule has 0 bridgehead atoms. The van der Waals surface area contributed by atoms with Gasteiger partial charge in [0.15, 0.2) is 0 Å². The molecule has 0 saturated carbocycles. The fourth-order valence-electron chi connectivity index (χ4n) is 1.61. The predicted octanol–water partition coefficient (Wildman–Crippen LogP) is 2.33. The van der Waals surface area contributed by atoms with E-state index in [1.807, 2.05) is 22.9 Å². The molecule has 0 amide bonds. The van der Waals surface area contributed by atoms with E-state index in [1.54, 1.807) is 13.3 Å². The van der Waals surface area contributed by atoms with E-state index in [0.29, 0.717) is 6.61 Å². The van der Waals surface area contributed by atoms with E-state index in [-0.39, 0.29) is 0 Å². The number of aromatic nitrogens is 2. The molecule has 15 heavy (non-hydrogen) atoms. The van der Waals surface area contributed by atoms with Crippen LogP contribution in [0, 0.1) is 6.92 Å². The molecule has 0 aliphatic carbocycles. The van der Waals surface area contributed by atoms with Gasteiger partial charge in [0.2, 0.25) is 0 Å². The van der Waals surface area contributed by atoms with Crippen LogP contribution in [0.25, 0.3) is 5.69 Å². The van der Waals surface area contributed by atoms with Gasteiger partial charge in [-0.15, -0.1) is 0 Å². The summed E-state index contributed by atoms with van der Waals surface area (Å²) in [5.41, 5.74) is 3.37. The second kappa shape index (κ2) is 4.28. The van der Waals surface area contributed by atoms with Crippen LogP contribution in [-0.2, 0) is 11.3 Å². The maximum atomic E-state index is 5.13. The third-order valence-corrected chi connectivity index (χ3v) is 2.36. The van der Waals surface area contributed by atoms with Crippen molar-refractivity contribution in [1.82, 2.24) is 9.78 Å². The number of methoxy groups -OCH3 is 1. The standard InChI is InChI=1S/C12H14N2O/c1-10-5-3-4-6-12(10)14-11(9-15-2)7-8-13-14/h3-8H,9H2,1-2H3. The summed E-state index contributed by atoms with van der Waals surface area (Å²) in [5.74, 6) is 0. The molecule has 3 heteroatoms. The lowest BCUT2D eigenvalue weighted by atomic mass is 10.2. The normalized spacial score (nSPS) is 10.5. The van der Waals surface area contributed by atoms with Crippen molar-refractivity contribution >= 4 is 0 Å². The highest BCUT2D eigenvalue weighted by Gasteiger charge is 2.05. The summed E-state index contributed by atoms with van der Waals surface area (Å²) >= 11 is 0. The molecule has 0 N–H and O–H groups in total. The van der Waals surface area contributed by atoms with Gasteiger partial charge < -0.3 is 4.74 Å². The Balaban J connectivity index is 2.45. The first-order valence-electron chi connectivity index (χ1n) is 4.91. The van der Waals surface area contributed by atoms with Crippen LogP contribution >= 0.6 is 0 Å². The number of aryl methyl sites for hydroxylation is 1. The van der Waals surface area contributed by atoms with Crippen LogP contribution in [-0.4, -0.2) is 16.9 Å². The fraction of sp³-hybridized carbons (Fsp3) is 0.250. The summed E-state index contributed by atoms with van der Waals surface area (Å²) in [6.45, 7) is 2.65. The van der Waals surface area contributed by atoms with Crippen LogP contribution < -0.4 is 0 Å².